The Hall–Kier alpha value is -2.24. The van der Waals surface area contributed by atoms with Crippen molar-refractivity contribution >= 4 is 57.8 Å². The summed E-state index contributed by atoms with van der Waals surface area (Å²) in [4.78, 5) is 8.43. The zero-order chi connectivity index (χ0) is 25.5. The van der Waals surface area contributed by atoms with Crippen LogP contribution in [0.1, 0.15) is 51.3 Å². The highest BCUT2D eigenvalue weighted by molar-refractivity contribution is 7.65. The molecule has 0 aliphatic rings. The summed E-state index contributed by atoms with van der Waals surface area (Å²) >= 11 is 5.09. The van der Waals surface area contributed by atoms with Gasteiger partial charge in [-0.15, -0.1) is 34.0 Å². The van der Waals surface area contributed by atoms with E-state index in [0.717, 1.165) is 30.7 Å². The fraction of sp³-hybridized carbons (Fsp3) is 0.276. The molecule has 1 aromatic carbocycles. The highest BCUT2D eigenvalue weighted by Crippen LogP contribution is 2.48. The van der Waals surface area contributed by atoms with Gasteiger partial charge in [0.15, 0.2) is 10.1 Å². The van der Waals surface area contributed by atoms with E-state index in [0.29, 0.717) is 0 Å². The van der Waals surface area contributed by atoms with Crippen LogP contribution in [0, 0.1) is 0 Å². The maximum atomic E-state index is 6.57. The number of hydrogen-bond acceptors (Lipinski definition) is 6. The number of thiophene rings is 3. The summed E-state index contributed by atoms with van der Waals surface area (Å²) in [6, 6.07) is 23.2. The molecule has 0 spiro atoms. The van der Waals surface area contributed by atoms with E-state index in [1.165, 1.54) is 15.1 Å². The average molecular weight is 552 g/mol. The van der Waals surface area contributed by atoms with Crippen molar-refractivity contribution in [3.63, 3.8) is 0 Å². The van der Waals surface area contributed by atoms with Crippen molar-refractivity contribution in [1.29, 1.82) is 0 Å². The molecule has 3 nitrogen and oxygen atoms in total. The normalized spacial score (nSPS) is 12.4. The number of benzene rings is 1. The second-order valence-electron chi connectivity index (χ2n) is 10.7. The monoisotopic (exact) mass is 551 g/mol. The highest BCUT2D eigenvalue weighted by Gasteiger charge is 2.26. The number of pyridine rings is 1. The first-order chi connectivity index (χ1) is 17.1. The SMILES string of the molecule is CC(C)(C)c1ccc(OP(Oc2ccc(C(C)(C)C)s2)c2ccc(-c3nccc4ccccc34)s2)s1. The lowest BCUT2D eigenvalue weighted by molar-refractivity contribution is 0.518. The summed E-state index contributed by atoms with van der Waals surface area (Å²) in [7, 11) is -1.35. The fourth-order valence-electron chi connectivity index (χ4n) is 3.69. The molecule has 5 aromatic rings. The molecule has 0 unspecified atom stereocenters. The average Bonchev–Trinajstić information content (AvgIpc) is 3.58. The molecule has 0 N–H and O–H groups in total. The van der Waals surface area contributed by atoms with Crippen molar-refractivity contribution in [1.82, 2.24) is 4.98 Å². The Labute approximate surface area is 226 Å². The molecule has 7 heteroatoms. The van der Waals surface area contributed by atoms with Crippen LogP contribution in [-0.4, -0.2) is 4.98 Å². The van der Waals surface area contributed by atoms with Gasteiger partial charge in [-0.25, -0.2) is 0 Å². The molecular weight excluding hydrogens is 521 g/mol. The lowest BCUT2D eigenvalue weighted by Crippen LogP contribution is -2.08. The van der Waals surface area contributed by atoms with Crippen molar-refractivity contribution in [3.8, 4) is 20.7 Å². The summed E-state index contributed by atoms with van der Waals surface area (Å²) < 4.78 is 14.2. The Morgan fingerprint density at radius 3 is 1.86 bits per heavy atom. The zero-order valence-corrected chi connectivity index (χ0v) is 24.7. The minimum Gasteiger partial charge on any atom is -0.424 e. The van der Waals surface area contributed by atoms with Crippen LogP contribution in [0.2, 0.25) is 0 Å². The Bertz CT molecular complexity index is 1430. The van der Waals surface area contributed by atoms with Crippen LogP contribution < -0.4 is 13.7 Å². The van der Waals surface area contributed by atoms with Gasteiger partial charge < -0.3 is 9.05 Å². The van der Waals surface area contributed by atoms with Gasteiger partial charge in [0.05, 0.1) is 10.6 Å². The lowest BCUT2D eigenvalue weighted by atomic mass is 9.95. The van der Waals surface area contributed by atoms with Gasteiger partial charge in [0.2, 0.25) is 0 Å². The van der Waals surface area contributed by atoms with Gasteiger partial charge in [-0.3, -0.25) is 4.98 Å². The molecular formula is C29H30NO2PS3. The van der Waals surface area contributed by atoms with Crippen LogP contribution in [0.5, 0.6) is 10.1 Å². The number of rotatable bonds is 6. The zero-order valence-electron chi connectivity index (χ0n) is 21.4. The number of hydrogen-bond donors (Lipinski definition) is 0. The smallest absolute Gasteiger partial charge is 0.338 e. The molecule has 36 heavy (non-hydrogen) atoms. The predicted octanol–water partition coefficient (Wildman–Crippen LogP) is 9.78. The molecule has 0 atom stereocenters. The molecule has 0 saturated carbocycles. The Morgan fingerprint density at radius 2 is 1.28 bits per heavy atom. The van der Waals surface area contributed by atoms with Crippen molar-refractivity contribution in [3.05, 3.63) is 82.7 Å². The van der Waals surface area contributed by atoms with Crippen LogP contribution in [0.25, 0.3) is 21.3 Å². The summed E-state index contributed by atoms with van der Waals surface area (Å²) in [5, 5.41) is 4.11. The number of aromatic nitrogens is 1. The van der Waals surface area contributed by atoms with Crippen molar-refractivity contribution in [2.24, 2.45) is 0 Å². The first-order valence-electron chi connectivity index (χ1n) is 11.9. The Balaban J connectivity index is 1.49. The topological polar surface area (TPSA) is 31.4 Å². The van der Waals surface area contributed by atoms with Gasteiger partial charge in [0.25, 0.3) is 0 Å². The summed E-state index contributed by atoms with van der Waals surface area (Å²) in [5.41, 5.74) is 1.17. The van der Waals surface area contributed by atoms with E-state index in [2.05, 4.69) is 108 Å². The predicted molar refractivity (Wildman–Crippen MR) is 159 cm³/mol. The van der Waals surface area contributed by atoms with E-state index in [1.807, 2.05) is 6.20 Å². The molecule has 0 amide bonds. The van der Waals surface area contributed by atoms with Gasteiger partial charge in [-0.2, -0.15) is 0 Å². The maximum Gasteiger partial charge on any atom is 0.338 e. The first-order valence-corrected chi connectivity index (χ1v) is 15.5. The van der Waals surface area contributed by atoms with E-state index < -0.39 is 8.38 Å². The van der Waals surface area contributed by atoms with Crippen LogP contribution in [0.15, 0.2) is 72.9 Å². The second kappa shape index (κ2) is 9.90. The third-order valence-corrected chi connectivity index (χ3v) is 11.5. The van der Waals surface area contributed by atoms with Crippen LogP contribution in [0.4, 0.5) is 0 Å². The number of fused-ring (bicyclic) bond motifs is 1. The molecule has 0 aliphatic heterocycles. The summed E-state index contributed by atoms with van der Waals surface area (Å²) in [6.45, 7) is 13.4. The Morgan fingerprint density at radius 1 is 0.667 bits per heavy atom. The van der Waals surface area contributed by atoms with E-state index in [4.69, 9.17) is 14.0 Å². The van der Waals surface area contributed by atoms with E-state index in [1.54, 1.807) is 34.0 Å². The third-order valence-electron chi connectivity index (χ3n) is 5.67. The van der Waals surface area contributed by atoms with Gasteiger partial charge in [0.1, 0.15) is 4.62 Å². The van der Waals surface area contributed by atoms with Gasteiger partial charge in [-0.1, -0.05) is 65.8 Å². The minimum absolute atomic E-state index is 0.0847. The summed E-state index contributed by atoms with van der Waals surface area (Å²) in [6.07, 6.45) is 1.88. The lowest BCUT2D eigenvalue weighted by Gasteiger charge is -2.17. The molecule has 0 radical (unpaired) electrons. The van der Waals surface area contributed by atoms with E-state index >= 15 is 0 Å². The molecule has 4 heterocycles. The second-order valence-corrected chi connectivity index (χ2v) is 15.5. The molecule has 0 fully saturated rings. The Kier molecular flexibility index (Phi) is 6.99. The fourth-order valence-corrected chi connectivity index (χ4v) is 8.42. The first kappa shape index (κ1) is 25.4. The van der Waals surface area contributed by atoms with Crippen molar-refractivity contribution < 1.29 is 9.05 Å². The van der Waals surface area contributed by atoms with Crippen molar-refractivity contribution in [2.75, 3.05) is 0 Å². The van der Waals surface area contributed by atoms with E-state index in [9.17, 15) is 0 Å². The maximum absolute atomic E-state index is 6.57. The van der Waals surface area contributed by atoms with Crippen LogP contribution >= 0.6 is 42.4 Å². The van der Waals surface area contributed by atoms with Crippen LogP contribution in [0.3, 0.4) is 0 Å². The van der Waals surface area contributed by atoms with Crippen LogP contribution in [-0.2, 0) is 10.8 Å². The number of nitrogens with zero attached hydrogens (tertiary/aromatic N) is 1. The van der Waals surface area contributed by atoms with Crippen molar-refractivity contribution in [2.45, 2.75) is 52.4 Å². The standard InChI is InChI=1S/C29H30NO2PS3/c1-28(2,3)22-12-14-24(35-22)31-33(32-25-15-13-23(36-25)29(4,5)6)26-16-11-21(34-26)27-20-10-8-7-9-19(20)17-18-30-27/h7-18H,1-6H3. The van der Waals surface area contributed by atoms with Gasteiger partial charge in [0, 0.05) is 21.3 Å². The molecule has 4 aromatic heterocycles. The van der Waals surface area contributed by atoms with Gasteiger partial charge in [-0.05, 0) is 58.7 Å². The highest BCUT2D eigenvalue weighted by atomic mass is 32.1. The van der Waals surface area contributed by atoms with E-state index in [-0.39, 0.29) is 10.8 Å². The molecule has 5 rings (SSSR count). The minimum atomic E-state index is -1.35. The molecule has 186 valence electrons. The molecule has 0 bridgehead atoms. The molecule has 0 aliphatic carbocycles. The molecule has 0 saturated heterocycles. The van der Waals surface area contributed by atoms with Gasteiger partial charge >= 0.3 is 8.38 Å². The quantitative estimate of drug-likeness (QED) is 0.197. The third kappa shape index (κ3) is 5.52. The largest absolute Gasteiger partial charge is 0.424 e. The summed E-state index contributed by atoms with van der Waals surface area (Å²) in [5.74, 6) is 0.